The summed E-state index contributed by atoms with van der Waals surface area (Å²) in [5.41, 5.74) is 0.997. The Morgan fingerprint density at radius 3 is 3.25 bits per heavy atom. The minimum atomic E-state index is -0.0619. The van der Waals surface area contributed by atoms with E-state index in [0.717, 1.165) is 23.6 Å². The first-order valence-electron chi connectivity index (χ1n) is 5.37. The lowest BCUT2D eigenvalue weighted by atomic mass is 10.2. The third-order valence-corrected chi connectivity index (χ3v) is 3.68. The first-order valence-corrected chi connectivity index (χ1v) is 6.53. The normalized spacial score (nSPS) is 22.7. The van der Waals surface area contributed by atoms with Gasteiger partial charge >= 0.3 is 0 Å². The highest BCUT2D eigenvalue weighted by Crippen LogP contribution is 2.12. The fourth-order valence-electron chi connectivity index (χ4n) is 1.63. The van der Waals surface area contributed by atoms with Crippen molar-refractivity contribution in [2.24, 2.45) is 0 Å². The first kappa shape index (κ1) is 11.5. The van der Waals surface area contributed by atoms with Crippen molar-refractivity contribution in [2.75, 3.05) is 18.1 Å². The predicted molar refractivity (Wildman–Crippen MR) is 64.3 cm³/mol. The van der Waals surface area contributed by atoms with Crippen LogP contribution in [0.1, 0.15) is 18.5 Å². The van der Waals surface area contributed by atoms with Crippen LogP contribution < -0.4 is 10.6 Å². The van der Waals surface area contributed by atoms with Crippen molar-refractivity contribution in [1.82, 2.24) is 20.8 Å². The number of nitrogens with zero attached hydrogens (tertiary/aromatic N) is 1. The van der Waals surface area contributed by atoms with Crippen LogP contribution >= 0.6 is 11.8 Å². The molecule has 1 amide bonds. The van der Waals surface area contributed by atoms with E-state index in [1.165, 1.54) is 0 Å². The Hall–Kier alpha value is -1.01. The van der Waals surface area contributed by atoms with Gasteiger partial charge in [-0.2, -0.15) is 16.9 Å². The van der Waals surface area contributed by atoms with Gasteiger partial charge in [0.15, 0.2) is 0 Å². The molecule has 88 valence electrons. The number of H-pyrrole nitrogens is 1. The number of hydrogen-bond donors (Lipinski definition) is 3. The number of carbonyl (C=O) groups is 1. The summed E-state index contributed by atoms with van der Waals surface area (Å²) in [5.74, 6) is 2.01. The molecule has 0 aliphatic carbocycles. The van der Waals surface area contributed by atoms with Crippen molar-refractivity contribution in [2.45, 2.75) is 19.0 Å². The van der Waals surface area contributed by atoms with Crippen LogP contribution in [0.15, 0.2) is 12.4 Å². The molecule has 1 fully saturated rings. The van der Waals surface area contributed by atoms with E-state index in [1.54, 1.807) is 12.4 Å². The van der Waals surface area contributed by atoms with Crippen molar-refractivity contribution in [3.05, 3.63) is 18.0 Å². The van der Waals surface area contributed by atoms with Gasteiger partial charge in [-0.3, -0.25) is 9.89 Å². The molecule has 0 radical (unpaired) electrons. The van der Waals surface area contributed by atoms with E-state index in [1.807, 2.05) is 18.7 Å². The van der Waals surface area contributed by atoms with E-state index in [0.29, 0.717) is 0 Å². The van der Waals surface area contributed by atoms with Gasteiger partial charge < -0.3 is 10.6 Å². The molecule has 1 aliphatic rings. The van der Waals surface area contributed by atoms with Gasteiger partial charge in [0.1, 0.15) is 0 Å². The van der Waals surface area contributed by atoms with Crippen molar-refractivity contribution in [3.63, 3.8) is 0 Å². The largest absolute Gasteiger partial charge is 0.348 e. The van der Waals surface area contributed by atoms with Crippen molar-refractivity contribution >= 4 is 17.7 Å². The molecule has 3 N–H and O–H groups in total. The average molecular weight is 240 g/mol. The third kappa shape index (κ3) is 2.76. The Morgan fingerprint density at radius 2 is 2.62 bits per heavy atom. The minimum Gasteiger partial charge on any atom is -0.348 e. The molecular weight excluding hydrogens is 224 g/mol. The molecule has 1 aromatic heterocycles. The molecule has 6 heteroatoms. The number of amides is 1. The second-order valence-electron chi connectivity index (χ2n) is 3.84. The lowest BCUT2D eigenvalue weighted by molar-refractivity contribution is -0.123. The fraction of sp³-hybridized carbons (Fsp3) is 0.600. The highest BCUT2D eigenvalue weighted by molar-refractivity contribution is 7.99. The summed E-state index contributed by atoms with van der Waals surface area (Å²) in [4.78, 5) is 11.9. The highest BCUT2D eigenvalue weighted by atomic mass is 32.2. The molecule has 2 heterocycles. The van der Waals surface area contributed by atoms with Gasteiger partial charge in [-0.15, -0.1) is 0 Å². The number of hydrogen-bond acceptors (Lipinski definition) is 4. The molecule has 1 aliphatic heterocycles. The van der Waals surface area contributed by atoms with E-state index in [-0.39, 0.29) is 18.0 Å². The van der Waals surface area contributed by atoms with E-state index < -0.39 is 0 Å². The smallest absolute Gasteiger partial charge is 0.238 e. The van der Waals surface area contributed by atoms with E-state index in [2.05, 4.69) is 20.8 Å². The van der Waals surface area contributed by atoms with Crippen molar-refractivity contribution in [3.8, 4) is 0 Å². The lowest BCUT2D eigenvalue weighted by Gasteiger charge is -2.24. The molecule has 16 heavy (non-hydrogen) atoms. The molecule has 0 saturated carbocycles. The van der Waals surface area contributed by atoms with Gasteiger partial charge in [-0.25, -0.2) is 0 Å². The molecule has 5 nitrogen and oxygen atoms in total. The number of nitrogens with one attached hydrogen (secondary N) is 3. The van der Waals surface area contributed by atoms with Gasteiger partial charge in [0.2, 0.25) is 5.91 Å². The van der Waals surface area contributed by atoms with Gasteiger partial charge in [0.25, 0.3) is 0 Å². The Morgan fingerprint density at radius 1 is 1.75 bits per heavy atom. The standard InChI is InChI=1S/C10H16N4OS/c1-7(8-4-12-13-5-8)14-10(15)9-6-16-3-2-11-9/h4-5,7,9,11H,2-3,6H2,1H3,(H,12,13)(H,14,15). The zero-order chi connectivity index (χ0) is 11.4. The monoisotopic (exact) mass is 240 g/mol. The maximum absolute atomic E-state index is 11.9. The average Bonchev–Trinajstić information content (AvgIpc) is 2.83. The van der Waals surface area contributed by atoms with Crippen LogP contribution in [0.25, 0.3) is 0 Å². The van der Waals surface area contributed by atoms with Crippen LogP contribution in [0.3, 0.4) is 0 Å². The summed E-state index contributed by atoms with van der Waals surface area (Å²) in [6, 6.07) is -0.0620. The summed E-state index contributed by atoms with van der Waals surface area (Å²) < 4.78 is 0. The fourth-order valence-corrected chi connectivity index (χ4v) is 2.56. The predicted octanol–water partition coefficient (Wildman–Crippen LogP) is 0.292. The maximum Gasteiger partial charge on any atom is 0.238 e. The number of rotatable bonds is 3. The Balaban J connectivity index is 1.86. The molecule has 0 spiro atoms. The Labute approximate surface area is 98.8 Å². The molecule has 1 saturated heterocycles. The van der Waals surface area contributed by atoms with Crippen LogP contribution in [-0.4, -0.2) is 40.2 Å². The molecular formula is C10H16N4OS. The lowest BCUT2D eigenvalue weighted by Crippen LogP contribution is -2.49. The van der Waals surface area contributed by atoms with E-state index >= 15 is 0 Å². The van der Waals surface area contributed by atoms with Gasteiger partial charge in [-0.05, 0) is 6.92 Å². The summed E-state index contributed by atoms with van der Waals surface area (Å²) in [6.07, 6.45) is 3.53. The molecule has 2 atom stereocenters. The van der Waals surface area contributed by atoms with Gasteiger partial charge in [0, 0.05) is 29.8 Å². The molecule has 0 bridgehead atoms. The van der Waals surface area contributed by atoms with Crippen LogP contribution in [0.4, 0.5) is 0 Å². The quantitative estimate of drug-likeness (QED) is 0.710. The maximum atomic E-state index is 11.9. The summed E-state index contributed by atoms with van der Waals surface area (Å²) in [6.45, 7) is 2.86. The van der Waals surface area contributed by atoms with Crippen LogP contribution in [0.2, 0.25) is 0 Å². The van der Waals surface area contributed by atoms with Gasteiger partial charge in [-0.1, -0.05) is 0 Å². The van der Waals surface area contributed by atoms with E-state index in [9.17, 15) is 4.79 Å². The number of aromatic amines is 1. The van der Waals surface area contributed by atoms with Crippen LogP contribution in [-0.2, 0) is 4.79 Å². The third-order valence-electron chi connectivity index (χ3n) is 2.62. The summed E-state index contributed by atoms with van der Waals surface area (Å²) in [5, 5.41) is 12.8. The molecule has 0 aromatic carbocycles. The molecule has 2 unspecified atom stereocenters. The minimum absolute atomic E-state index is 0.0000217. The first-order chi connectivity index (χ1) is 7.77. The number of aromatic nitrogens is 2. The number of thioether (sulfide) groups is 1. The Kier molecular flexibility index (Phi) is 3.84. The van der Waals surface area contributed by atoms with E-state index in [4.69, 9.17) is 0 Å². The second-order valence-corrected chi connectivity index (χ2v) is 4.99. The van der Waals surface area contributed by atoms with Gasteiger partial charge in [0.05, 0.1) is 18.3 Å². The zero-order valence-corrected chi connectivity index (χ0v) is 10.0. The summed E-state index contributed by atoms with van der Waals surface area (Å²) >= 11 is 1.81. The highest BCUT2D eigenvalue weighted by Gasteiger charge is 2.22. The van der Waals surface area contributed by atoms with Crippen LogP contribution in [0, 0.1) is 0 Å². The zero-order valence-electron chi connectivity index (χ0n) is 9.19. The second kappa shape index (κ2) is 5.36. The van der Waals surface area contributed by atoms with Crippen molar-refractivity contribution in [1.29, 1.82) is 0 Å². The Bertz CT molecular complexity index is 335. The molecule has 2 rings (SSSR count). The van der Waals surface area contributed by atoms with Crippen LogP contribution in [0.5, 0.6) is 0 Å². The number of carbonyl (C=O) groups excluding carboxylic acids is 1. The topological polar surface area (TPSA) is 69.8 Å². The SMILES string of the molecule is CC(NC(=O)C1CSCCN1)c1cn[nH]c1. The molecule has 1 aromatic rings. The summed E-state index contributed by atoms with van der Waals surface area (Å²) in [7, 11) is 0. The van der Waals surface area contributed by atoms with Crippen molar-refractivity contribution < 1.29 is 4.79 Å².